The quantitative estimate of drug-likeness (QED) is 0.650. The molecule has 2 rings (SSSR count). The molecule has 0 saturated heterocycles. The first-order valence-electron chi connectivity index (χ1n) is 5.94. The Hall–Kier alpha value is -1.33. The molecule has 0 spiro atoms. The number of rotatable bonds is 1. The van der Waals surface area contributed by atoms with Gasteiger partial charge in [-0.3, -0.25) is 4.90 Å². The summed E-state index contributed by atoms with van der Waals surface area (Å²) < 4.78 is 0. The van der Waals surface area contributed by atoms with Crippen LogP contribution < -0.4 is 0 Å². The lowest BCUT2D eigenvalue weighted by Gasteiger charge is -2.24. The van der Waals surface area contributed by atoms with Gasteiger partial charge in [0.2, 0.25) is 0 Å². The molecule has 0 aromatic heterocycles. The average Bonchev–Trinajstić information content (AvgIpc) is 2.49. The molecule has 2 heteroatoms. The summed E-state index contributed by atoms with van der Waals surface area (Å²) in [4.78, 5) is 6.00. The van der Waals surface area contributed by atoms with E-state index in [9.17, 15) is 0 Å². The topological polar surface area (TPSA) is 7.60 Å². The van der Waals surface area contributed by atoms with E-state index in [0.717, 1.165) is 18.7 Å². The normalized spacial score (nSPS) is 16.6. The highest BCUT2D eigenvalue weighted by molar-refractivity contribution is 5.49. The molecule has 0 fully saturated rings. The standard InChI is InChI=1S/C14H18N2/c1-11(2)16-8-4-5-12-6-7-14(15-3)9-13(12)10-16/h6-7,9,11H,4-5,8,10H2,1-2H3. The van der Waals surface area contributed by atoms with E-state index >= 15 is 0 Å². The van der Waals surface area contributed by atoms with Crippen molar-refractivity contribution in [3.63, 3.8) is 0 Å². The van der Waals surface area contributed by atoms with Gasteiger partial charge in [-0.15, -0.1) is 0 Å². The highest BCUT2D eigenvalue weighted by atomic mass is 15.1. The highest BCUT2D eigenvalue weighted by Crippen LogP contribution is 2.24. The van der Waals surface area contributed by atoms with Gasteiger partial charge in [-0.2, -0.15) is 0 Å². The molecule has 0 amide bonds. The van der Waals surface area contributed by atoms with E-state index in [1.807, 2.05) is 6.07 Å². The summed E-state index contributed by atoms with van der Waals surface area (Å²) in [7, 11) is 0. The summed E-state index contributed by atoms with van der Waals surface area (Å²) in [5.74, 6) is 0. The van der Waals surface area contributed by atoms with Crippen molar-refractivity contribution in [1.82, 2.24) is 4.90 Å². The molecular weight excluding hydrogens is 196 g/mol. The lowest BCUT2D eigenvalue weighted by Crippen LogP contribution is -2.30. The summed E-state index contributed by atoms with van der Waals surface area (Å²) in [6, 6.07) is 6.72. The smallest absolute Gasteiger partial charge is 0.187 e. The fraction of sp³-hybridized carbons (Fsp3) is 0.500. The van der Waals surface area contributed by atoms with E-state index < -0.39 is 0 Å². The number of nitrogens with zero attached hydrogens (tertiary/aromatic N) is 2. The molecule has 0 radical (unpaired) electrons. The Morgan fingerprint density at radius 2 is 2.12 bits per heavy atom. The van der Waals surface area contributed by atoms with Crippen LogP contribution in [0.4, 0.5) is 5.69 Å². The van der Waals surface area contributed by atoms with Gasteiger partial charge < -0.3 is 0 Å². The molecule has 0 saturated carbocycles. The average molecular weight is 214 g/mol. The maximum atomic E-state index is 7.06. The SMILES string of the molecule is [C-]#[N+]c1ccc2c(c1)CN(C(C)C)CCC2. The van der Waals surface area contributed by atoms with Crippen molar-refractivity contribution in [1.29, 1.82) is 0 Å². The molecule has 0 aliphatic carbocycles. The third-order valence-corrected chi connectivity index (χ3v) is 3.31. The molecule has 0 unspecified atom stereocenters. The van der Waals surface area contributed by atoms with Gasteiger partial charge in [-0.25, -0.2) is 4.85 Å². The van der Waals surface area contributed by atoms with Gasteiger partial charge in [0.15, 0.2) is 5.69 Å². The minimum absolute atomic E-state index is 0.586. The van der Waals surface area contributed by atoms with Crippen LogP contribution in [0.25, 0.3) is 4.85 Å². The Morgan fingerprint density at radius 1 is 1.31 bits per heavy atom. The largest absolute Gasteiger partial charge is 0.297 e. The van der Waals surface area contributed by atoms with Crippen LogP contribution in [0.5, 0.6) is 0 Å². The van der Waals surface area contributed by atoms with E-state index in [-0.39, 0.29) is 0 Å². The molecule has 1 aromatic carbocycles. The second-order valence-electron chi connectivity index (χ2n) is 4.73. The molecule has 1 heterocycles. The third-order valence-electron chi connectivity index (χ3n) is 3.31. The van der Waals surface area contributed by atoms with Crippen LogP contribution in [0.3, 0.4) is 0 Å². The van der Waals surface area contributed by atoms with Crippen LogP contribution in [0.1, 0.15) is 31.4 Å². The zero-order valence-electron chi connectivity index (χ0n) is 10.0. The molecule has 84 valence electrons. The van der Waals surface area contributed by atoms with Gasteiger partial charge in [0.25, 0.3) is 0 Å². The molecule has 1 aliphatic rings. The minimum Gasteiger partial charge on any atom is -0.297 e. The maximum Gasteiger partial charge on any atom is 0.187 e. The second-order valence-corrected chi connectivity index (χ2v) is 4.73. The zero-order chi connectivity index (χ0) is 11.5. The summed E-state index contributed by atoms with van der Waals surface area (Å²) in [6.45, 7) is 13.7. The van der Waals surface area contributed by atoms with Crippen molar-refractivity contribution in [3.05, 3.63) is 40.7 Å². The molecule has 2 nitrogen and oxygen atoms in total. The second kappa shape index (κ2) is 4.67. The van der Waals surface area contributed by atoms with E-state index in [1.54, 1.807) is 0 Å². The molecule has 0 bridgehead atoms. The number of aryl methyl sites for hydroxylation is 1. The monoisotopic (exact) mass is 214 g/mol. The van der Waals surface area contributed by atoms with E-state index in [1.165, 1.54) is 24.1 Å². The Kier molecular flexibility index (Phi) is 3.26. The first-order chi connectivity index (χ1) is 7.70. The molecule has 0 atom stereocenters. The van der Waals surface area contributed by atoms with Crippen LogP contribution in [0.15, 0.2) is 18.2 Å². The molecule has 0 N–H and O–H groups in total. The van der Waals surface area contributed by atoms with Gasteiger partial charge in [-0.05, 0) is 44.4 Å². The van der Waals surface area contributed by atoms with Crippen LogP contribution in [-0.2, 0) is 13.0 Å². The number of hydrogen-bond acceptors (Lipinski definition) is 1. The lowest BCUT2D eigenvalue weighted by atomic mass is 10.0. The first kappa shape index (κ1) is 11.2. The number of fused-ring (bicyclic) bond motifs is 1. The van der Waals surface area contributed by atoms with Crippen molar-refractivity contribution >= 4 is 5.69 Å². The highest BCUT2D eigenvalue weighted by Gasteiger charge is 2.16. The summed E-state index contributed by atoms with van der Waals surface area (Å²) in [5.41, 5.74) is 3.54. The minimum atomic E-state index is 0.586. The van der Waals surface area contributed by atoms with E-state index in [2.05, 4.69) is 35.7 Å². The molecule has 16 heavy (non-hydrogen) atoms. The van der Waals surface area contributed by atoms with E-state index in [0.29, 0.717) is 6.04 Å². The van der Waals surface area contributed by atoms with Crippen molar-refractivity contribution < 1.29 is 0 Å². The Bertz CT molecular complexity index is 415. The predicted molar refractivity (Wildman–Crippen MR) is 66.6 cm³/mol. The fourth-order valence-electron chi connectivity index (χ4n) is 2.28. The molecular formula is C14H18N2. The van der Waals surface area contributed by atoms with Gasteiger partial charge in [-0.1, -0.05) is 18.2 Å². The van der Waals surface area contributed by atoms with Crippen LogP contribution in [0, 0.1) is 6.57 Å². The maximum absolute atomic E-state index is 7.06. The van der Waals surface area contributed by atoms with Crippen LogP contribution >= 0.6 is 0 Å². The molecule has 1 aliphatic heterocycles. The Labute approximate surface area is 97.7 Å². The van der Waals surface area contributed by atoms with Crippen LogP contribution in [0.2, 0.25) is 0 Å². The third kappa shape index (κ3) is 2.25. The van der Waals surface area contributed by atoms with E-state index in [4.69, 9.17) is 6.57 Å². The summed E-state index contributed by atoms with van der Waals surface area (Å²) >= 11 is 0. The Morgan fingerprint density at radius 3 is 2.81 bits per heavy atom. The number of benzene rings is 1. The van der Waals surface area contributed by atoms with Crippen molar-refractivity contribution in [3.8, 4) is 0 Å². The van der Waals surface area contributed by atoms with Gasteiger partial charge in [0.1, 0.15) is 0 Å². The lowest BCUT2D eigenvalue weighted by molar-refractivity contribution is 0.216. The van der Waals surface area contributed by atoms with Crippen molar-refractivity contribution in [2.24, 2.45) is 0 Å². The summed E-state index contributed by atoms with van der Waals surface area (Å²) in [6.07, 6.45) is 2.37. The van der Waals surface area contributed by atoms with Gasteiger partial charge >= 0.3 is 0 Å². The van der Waals surface area contributed by atoms with Crippen molar-refractivity contribution in [2.75, 3.05) is 6.54 Å². The van der Waals surface area contributed by atoms with Crippen LogP contribution in [-0.4, -0.2) is 17.5 Å². The molecule has 1 aromatic rings. The predicted octanol–water partition coefficient (Wildman–Crippen LogP) is 3.39. The van der Waals surface area contributed by atoms with Gasteiger partial charge in [0.05, 0.1) is 6.57 Å². The summed E-state index contributed by atoms with van der Waals surface area (Å²) in [5, 5.41) is 0. The number of hydrogen-bond donors (Lipinski definition) is 0. The van der Waals surface area contributed by atoms with Gasteiger partial charge in [0, 0.05) is 12.6 Å². The van der Waals surface area contributed by atoms with Crippen molar-refractivity contribution in [2.45, 2.75) is 39.3 Å². The zero-order valence-corrected chi connectivity index (χ0v) is 10.0. The first-order valence-corrected chi connectivity index (χ1v) is 5.94. The fourth-order valence-corrected chi connectivity index (χ4v) is 2.28. The Balaban J connectivity index is 2.31.